The second-order valence-corrected chi connectivity index (χ2v) is 5.50. The van der Waals surface area contributed by atoms with Gasteiger partial charge in [0.25, 0.3) is 5.91 Å². The minimum Gasteiger partial charge on any atom is -0.365 e. The highest BCUT2D eigenvalue weighted by Crippen LogP contribution is 2.20. The van der Waals surface area contributed by atoms with Crippen LogP contribution in [0.5, 0.6) is 0 Å². The number of hydrogen-bond acceptors (Lipinski definition) is 4. The first kappa shape index (κ1) is 14.3. The number of likely N-dealkylation sites (tertiary alicyclic amines) is 1. The van der Waals surface area contributed by atoms with E-state index in [-0.39, 0.29) is 11.7 Å². The molecule has 1 aromatic rings. The van der Waals surface area contributed by atoms with Gasteiger partial charge in [0.1, 0.15) is 0 Å². The van der Waals surface area contributed by atoms with E-state index in [1.54, 1.807) is 17.2 Å². The number of hydrogen-bond donors (Lipinski definition) is 0. The minimum absolute atomic E-state index is 0.0238. The first-order chi connectivity index (χ1) is 10.3. The van der Waals surface area contributed by atoms with Gasteiger partial charge in [-0.3, -0.25) is 4.79 Å². The van der Waals surface area contributed by atoms with Gasteiger partial charge >= 0.3 is 0 Å². The van der Waals surface area contributed by atoms with Crippen LogP contribution in [0.15, 0.2) is 18.3 Å². The van der Waals surface area contributed by atoms with Crippen molar-refractivity contribution in [1.82, 2.24) is 9.88 Å². The van der Waals surface area contributed by atoms with Gasteiger partial charge in [-0.15, -0.1) is 0 Å². The molecule has 0 radical (unpaired) electrons. The Hall–Kier alpha value is -1.69. The van der Waals surface area contributed by atoms with Gasteiger partial charge in [0.15, 0.2) is 17.7 Å². The van der Waals surface area contributed by atoms with Crippen molar-refractivity contribution in [2.75, 3.05) is 37.7 Å². The van der Waals surface area contributed by atoms with Gasteiger partial charge in [-0.2, -0.15) is 0 Å². The Morgan fingerprint density at radius 2 is 2.10 bits per heavy atom. The van der Waals surface area contributed by atoms with Crippen molar-refractivity contribution in [2.24, 2.45) is 0 Å². The molecule has 0 spiro atoms. The molecule has 2 aliphatic rings. The van der Waals surface area contributed by atoms with Crippen LogP contribution in [0.25, 0.3) is 0 Å². The quantitative estimate of drug-likeness (QED) is 0.828. The Kier molecular flexibility index (Phi) is 4.34. The zero-order valence-electron chi connectivity index (χ0n) is 12.0. The van der Waals surface area contributed by atoms with Crippen LogP contribution in [0.1, 0.15) is 19.3 Å². The number of morpholine rings is 1. The molecular weight excluding hydrogens is 273 g/mol. The summed E-state index contributed by atoms with van der Waals surface area (Å²) in [5.41, 5.74) is 0. The third-order valence-electron chi connectivity index (χ3n) is 4.05. The number of anilines is 1. The van der Waals surface area contributed by atoms with Crippen LogP contribution in [0.3, 0.4) is 0 Å². The maximum Gasteiger partial charge on any atom is 0.253 e. The molecule has 3 rings (SSSR count). The monoisotopic (exact) mass is 293 g/mol. The van der Waals surface area contributed by atoms with E-state index in [2.05, 4.69) is 4.98 Å². The summed E-state index contributed by atoms with van der Waals surface area (Å²) in [6.07, 6.45) is 4.34. The number of rotatable bonds is 2. The lowest BCUT2D eigenvalue weighted by Crippen LogP contribution is -2.52. The maximum absolute atomic E-state index is 13.8. The summed E-state index contributed by atoms with van der Waals surface area (Å²) < 4.78 is 19.4. The van der Waals surface area contributed by atoms with E-state index in [0.717, 1.165) is 25.9 Å². The second kappa shape index (κ2) is 6.39. The first-order valence-electron chi connectivity index (χ1n) is 7.51. The van der Waals surface area contributed by atoms with Crippen molar-refractivity contribution < 1.29 is 13.9 Å². The van der Waals surface area contributed by atoms with Crippen LogP contribution in [0.4, 0.5) is 10.2 Å². The summed E-state index contributed by atoms with van der Waals surface area (Å²) in [5, 5.41) is 0. The Labute approximate surface area is 123 Å². The largest absolute Gasteiger partial charge is 0.365 e. The molecule has 0 aromatic carbocycles. The number of halogens is 1. The summed E-state index contributed by atoms with van der Waals surface area (Å²) in [6.45, 7) is 2.94. The summed E-state index contributed by atoms with van der Waals surface area (Å²) >= 11 is 0. The maximum atomic E-state index is 13.8. The molecular formula is C15H20FN3O2. The highest BCUT2D eigenvalue weighted by atomic mass is 19.1. The van der Waals surface area contributed by atoms with Gasteiger partial charge in [0.05, 0.1) is 13.2 Å². The number of pyridine rings is 1. The van der Waals surface area contributed by atoms with E-state index in [1.807, 2.05) is 4.90 Å². The van der Waals surface area contributed by atoms with E-state index < -0.39 is 6.10 Å². The molecule has 1 aromatic heterocycles. The average Bonchev–Trinajstić information content (AvgIpc) is 2.55. The predicted molar refractivity (Wildman–Crippen MR) is 76.6 cm³/mol. The Morgan fingerprint density at radius 3 is 2.86 bits per heavy atom. The SMILES string of the molecule is O=C(C1CN(c2ncccc2F)CCO1)N1CCCCC1. The standard InChI is InChI=1S/C15H20FN3O2/c16-12-5-4-6-17-14(12)19-9-10-21-13(11-19)15(20)18-7-2-1-3-8-18/h4-6,13H,1-3,7-11H2. The van der Waals surface area contributed by atoms with Crippen LogP contribution in [-0.4, -0.2) is 54.7 Å². The zero-order valence-corrected chi connectivity index (χ0v) is 12.0. The molecule has 1 atom stereocenters. The molecule has 6 heteroatoms. The lowest BCUT2D eigenvalue weighted by Gasteiger charge is -2.36. The molecule has 1 amide bonds. The molecule has 0 N–H and O–H groups in total. The van der Waals surface area contributed by atoms with Gasteiger partial charge < -0.3 is 14.5 Å². The number of piperidine rings is 1. The van der Waals surface area contributed by atoms with Crippen molar-refractivity contribution in [1.29, 1.82) is 0 Å². The molecule has 0 saturated carbocycles. The number of amides is 1. The third-order valence-corrected chi connectivity index (χ3v) is 4.05. The molecule has 1 unspecified atom stereocenters. The van der Waals surface area contributed by atoms with Crippen molar-refractivity contribution >= 4 is 11.7 Å². The lowest BCUT2D eigenvalue weighted by molar-refractivity contribution is -0.145. The summed E-state index contributed by atoms with van der Waals surface area (Å²) in [5.74, 6) is -0.0310. The summed E-state index contributed by atoms with van der Waals surface area (Å²) in [7, 11) is 0. The van der Waals surface area contributed by atoms with Crippen molar-refractivity contribution in [3.8, 4) is 0 Å². The number of carbonyl (C=O) groups is 1. The molecule has 21 heavy (non-hydrogen) atoms. The molecule has 2 fully saturated rings. The van der Waals surface area contributed by atoms with Gasteiger partial charge in [-0.05, 0) is 31.4 Å². The van der Waals surface area contributed by atoms with E-state index in [0.29, 0.717) is 25.5 Å². The molecule has 2 aliphatic heterocycles. The Morgan fingerprint density at radius 1 is 1.29 bits per heavy atom. The Bertz CT molecular complexity index is 505. The Balaban J connectivity index is 1.68. The lowest BCUT2D eigenvalue weighted by atomic mass is 10.1. The van der Waals surface area contributed by atoms with Crippen molar-refractivity contribution in [3.63, 3.8) is 0 Å². The fraction of sp³-hybridized carbons (Fsp3) is 0.600. The summed E-state index contributed by atoms with van der Waals surface area (Å²) in [6, 6.07) is 2.95. The number of carbonyl (C=O) groups excluding carboxylic acids is 1. The first-order valence-corrected chi connectivity index (χ1v) is 7.51. The topological polar surface area (TPSA) is 45.7 Å². The predicted octanol–water partition coefficient (Wildman–Crippen LogP) is 1.44. The van der Waals surface area contributed by atoms with E-state index >= 15 is 0 Å². The molecule has 0 bridgehead atoms. The van der Waals surface area contributed by atoms with Gasteiger partial charge in [-0.1, -0.05) is 0 Å². The minimum atomic E-state index is -0.516. The normalized spacial score (nSPS) is 23.2. The highest BCUT2D eigenvalue weighted by molar-refractivity contribution is 5.82. The van der Waals surface area contributed by atoms with Crippen molar-refractivity contribution in [2.45, 2.75) is 25.4 Å². The smallest absolute Gasteiger partial charge is 0.253 e. The number of ether oxygens (including phenoxy) is 1. The summed E-state index contributed by atoms with van der Waals surface area (Å²) in [4.78, 5) is 20.2. The van der Waals surface area contributed by atoms with Crippen LogP contribution in [0, 0.1) is 5.82 Å². The van der Waals surface area contributed by atoms with Crippen LogP contribution < -0.4 is 4.90 Å². The van der Waals surface area contributed by atoms with Crippen LogP contribution in [-0.2, 0) is 9.53 Å². The van der Waals surface area contributed by atoms with Crippen LogP contribution >= 0.6 is 0 Å². The second-order valence-electron chi connectivity index (χ2n) is 5.50. The molecule has 5 nitrogen and oxygen atoms in total. The van der Waals surface area contributed by atoms with E-state index in [4.69, 9.17) is 4.74 Å². The van der Waals surface area contributed by atoms with E-state index in [1.165, 1.54) is 12.5 Å². The fourth-order valence-electron chi connectivity index (χ4n) is 2.92. The van der Waals surface area contributed by atoms with Gasteiger partial charge in [0, 0.05) is 25.8 Å². The molecule has 0 aliphatic carbocycles. The van der Waals surface area contributed by atoms with Gasteiger partial charge in [0.2, 0.25) is 0 Å². The number of nitrogens with zero attached hydrogens (tertiary/aromatic N) is 3. The third kappa shape index (κ3) is 3.15. The molecule has 114 valence electrons. The van der Waals surface area contributed by atoms with Gasteiger partial charge in [-0.25, -0.2) is 9.37 Å². The molecule has 3 heterocycles. The van der Waals surface area contributed by atoms with E-state index in [9.17, 15) is 9.18 Å². The fourth-order valence-corrected chi connectivity index (χ4v) is 2.92. The van der Waals surface area contributed by atoms with Crippen molar-refractivity contribution in [3.05, 3.63) is 24.1 Å². The average molecular weight is 293 g/mol. The highest BCUT2D eigenvalue weighted by Gasteiger charge is 2.32. The van der Waals surface area contributed by atoms with Crippen LogP contribution in [0.2, 0.25) is 0 Å². The zero-order chi connectivity index (χ0) is 14.7. The molecule has 2 saturated heterocycles. The number of aromatic nitrogens is 1.